The molecule has 0 bridgehead atoms. The van der Waals surface area contributed by atoms with Gasteiger partial charge >= 0.3 is 13.7 Å². The molecule has 5 rings (SSSR count). The summed E-state index contributed by atoms with van der Waals surface area (Å²) < 4.78 is 63.4. The maximum Gasteiger partial charge on any atom is 0.416 e. The van der Waals surface area contributed by atoms with Crippen LogP contribution in [0.25, 0.3) is 5.52 Å². The van der Waals surface area contributed by atoms with Crippen molar-refractivity contribution in [2.45, 2.75) is 121 Å². The van der Waals surface area contributed by atoms with E-state index in [9.17, 15) is 14.5 Å². The molecule has 3 fully saturated rings. The highest BCUT2D eigenvalue weighted by molar-refractivity contribution is 7.55. The second-order valence-corrected chi connectivity index (χ2v) is 16.6. The van der Waals surface area contributed by atoms with E-state index in [2.05, 4.69) is 10.1 Å². The lowest BCUT2D eigenvalue weighted by Crippen LogP contribution is -2.46. The number of aromatic nitrogens is 3. The van der Waals surface area contributed by atoms with Gasteiger partial charge in [0.05, 0.1) is 38.7 Å². The van der Waals surface area contributed by atoms with Crippen LogP contribution in [0.2, 0.25) is 5.28 Å². The number of methoxy groups -OCH3 is 1. The molecule has 2 saturated heterocycles. The number of amides is 1. The molecule has 1 N–H and O–H groups in total. The van der Waals surface area contributed by atoms with E-state index in [0.717, 1.165) is 25.7 Å². The zero-order chi connectivity index (χ0) is 35.8. The fourth-order valence-electron chi connectivity index (χ4n) is 6.76. The zero-order valence-corrected chi connectivity index (χ0v) is 31.2. The molecular formula is C32H50ClN4O11P. The first-order chi connectivity index (χ1) is 23.1. The molecule has 1 unspecified atom stereocenters. The molecular weight excluding hydrogens is 683 g/mol. The summed E-state index contributed by atoms with van der Waals surface area (Å²) in [5, 5.41) is 13.2. The lowest BCUT2D eigenvalue weighted by Gasteiger charge is -2.37. The zero-order valence-electron chi connectivity index (χ0n) is 29.5. The molecule has 1 amide bonds. The van der Waals surface area contributed by atoms with Crippen molar-refractivity contribution in [3.63, 3.8) is 0 Å². The molecule has 2 aromatic rings. The molecule has 2 aromatic heterocycles. The highest BCUT2D eigenvalue weighted by atomic mass is 35.5. The van der Waals surface area contributed by atoms with Crippen molar-refractivity contribution in [2.75, 3.05) is 45.0 Å². The van der Waals surface area contributed by atoms with Crippen LogP contribution in [0, 0.1) is 0 Å². The van der Waals surface area contributed by atoms with Gasteiger partial charge in [-0.1, -0.05) is 12.8 Å². The van der Waals surface area contributed by atoms with E-state index >= 15 is 0 Å². The maximum absolute atomic E-state index is 14.0. The largest absolute Gasteiger partial charge is 0.443 e. The average Bonchev–Trinajstić information content (AvgIpc) is 3.79. The number of aliphatic hydroxyl groups is 1. The molecule has 49 heavy (non-hydrogen) atoms. The molecule has 0 spiro atoms. The summed E-state index contributed by atoms with van der Waals surface area (Å²) in [5.41, 5.74) is 0.388. The summed E-state index contributed by atoms with van der Waals surface area (Å²) in [6.07, 6.45) is 0.313. The third kappa shape index (κ3) is 7.81. The van der Waals surface area contributed by atoms with E-state index in [-0.39, 0.29) is 37.8 Å². The third-order valence-electron chi connectivity index (χ3n) is 8.67. The third-order valence-corrected chi connectivity index (χ3v) is 11.4. The number of fused-ring (bicyclic) bond motifs is 2. The SMILES string of the molecule is CCOP(=O)(OCC)C(CO)(COC)OC[C@H]1O[C@H](c2ccc3c(N(C(=O)OC(C)(C)C)C4CCCC4)nc(Cl)nn23)[C@@H]2OC(C)(C)O[C@@H]21. The number of carbonyl (C=O) groups is 1. The van der Waals surface area contributed by atoms with Crippen LogP contribution in [0.15, 0.2) is 12.1 Å². The van der Waals surface area contributed by atoms with Crippen LogP contribution in [-0.4, -0.2) is 107 Å². The van der Waals surface area contributed by atoms with E-state index in [1.54, 1.807) is 37.1 Å². The Hall–Kier alpha value is -1.91. The number of carbonyl (C=O) groups excluding carboxylic acids is 1. The Bertz CT molecular complexity index is 1500. The molecule has 17 heteroatoms. The van der Waals surface area contributed by atoms with E-state index in [1.165, 1.54) is 7.11 Å². The first-order valence-corrected chi connectivity index (χ1v) is 18.7. The van der Waals surface area contributed by atoms with Gasteiger partial charge in [-0.25, -0.2) is 9.31 Å². The molecule has 1 aliphatic carbocycles. The standard InChI is InChI=1S/C32H50ClN4O11P/c1-9-43-49(40,44-10-2)32(18-38,19-41-8)42-17-23-25-26(47-31(6,7)46-25)24(45-23)21-15-16-22-27(34-28(33)35-37(21)22)36(20-13-11-12-14-20)29(39)48-30(3,4)5/h15-16,20,23-26,38H,9-14,17-19H2,1-8H3/t23-,24-,25-,26+,32?/m1/s1. The van der Waals surface area contributed by atoms with Gasteiger partial charge in [0.25, 0.3) is 0 Å². The number of ether oxygens (including phenoxy) is 6. The molecule has 5 atom stereocenters. The smallest absolute Gasteiger partial charge is 0.416 e. The predicted octanol–water partition coefficient (Wildman–Crippen LogP) is 5.64. The van der Waals surface area contributed by atoms with Crippen molar-refractivity contribution in [3.8, 4) is 0 Å². The normalized spacial score (nSPS) is 25.5. The van der Waals surface area contributed by atoms with E-state index in [0.29, 0.717) is 17.0 Å². The average molecular weight is 733 g/mol. The minimum Gasteiger partial charge on any atom is -0.443 e. The minimum absolute atomic E-state index is 0.0593. The van der Waals surface area contributed by atoms with Crippen molar-refractivity contribution >= 4 is 36.6 Å². The van der Waals surface area contributed by atoms with E-state index in [1.807, 2.05) is 32.9 Å². The maximum atomic E-state index is 14.0. The second-order valence-electron chi connectivity index (χ2n) is 13.9. The number of hydrogen-bond donors (Lipinski definition) is 1. The Morgan fingerprint density at radius 3 is 2.39 bits per heavy atom. The number of aliphatic hydroxyl groups excluding tert-OH is 1. The van der Waals surface area contributed by atoms with Crippen LogP contribution in [0.3, 0.4) is 0 Å². The van der Waals surface area contributed by atoms with Gasteiger partial charge in [-0.05, 0) is 85.0 Å². The number of rotatable bonds is 14. The van der Waals surface area contributed by atoms with Crippen molar-refractivity contribution in [3.05, 3.63) is 23.1 Å². The molecule has 3 aliphatic rings. The Balaban J connectivity index is 1.50. The van der Waals surface area contributed by atoms with Crippen LogP contribution in [0.1, 0.15) is 85.9 Å². The summed E-state index contributed by atoms with van der Waals surface area (Å²) in [4.78, 5) is 19.8. The van der Waals surface area contributed by atoms with Crippen LogP contribution in [-0.2, 0) is 42.0 Å². The Kier molecular flexibility index (Phi) is 11.7. The van der Waals surface area contributed by atoms with Gasteiger partial charge in [0.1, 0.15) is 35.5 Å². The van der Waals surface area contributed by atoms with Crippen LogP contribution in [0.4, 0.5) is 10.6 Å². The number of hydrogen-bond acceptors (Lipinski definition) is 13. The molecule has 1 saturated carbocycles. The van der Waals surface area contributed by atoms with Gasteiger partial charge in [0.2, 0.25) is 10.6 Å². The van der Waals surface area contributed by atoms with E-state index < -0.39 is 61.4 Å². The highest BCUT2D eigenvalue weighted by Gasteiger charge is 2.58. The summed E-state index contributed by atoms with van der Waals surface area (Å²) in [6.45, 7) is 11.4. The van der Waals surface area contributed by atoms with Crippen molar-refractivity contribution in [2.24, 2.45) is 0 Å². The number of halogens is 1. The molecule has 0 aromatic carbocycles. The van der Waals surface area contributed by atoms with E-state index in [4.69, 9.17) is 49.1 Å². The van der Waals surface area contributed by atoms with Crippen molar-refractivity contribution in [1.29, 1.82) is 0 Å². The number of nitrogens with zero attached hydrogens (tertiary/aromatic N) is 4. The van der Waals surface area contributed by atoms with Gasteiger partial charge in [-0.3, -0.25) is 9.46 Å². The monoisotopic (exact) mass is 732 g/mol. The number of anilines is 1. The Morgan fingerprint density at radius 2 is 1.80 bits per heavy atom. The quantitative estimate of drug-likeness (QED) is 0.238. The van der Waals surface area contributed by atoms with Crippen LogP contribution >= 0.6 is 19.2 Å². The molecule has 276 valence electrons. The first-order valence-electron chi connectivity index (χ1n) is 16.8. The summed E-state index contributed by atoms with van der Waals surface area (Å²) in [6, 6.07) is 3.52. The van der Waals surface area contributed by atoms with Gasteiger partial charge in [-0.2, -0.15) is 4.98 Å². The highest BCUT2D eigenvalue weighted by Crippen LogP contribution is 2.61. The van der Waals surface area contributed by atoms with Gasteiger partial charge in [0, 0.05) is 13.2 Å². The first kappa shape index (κ1) is 38.3. The molecule has 0 radical (unpaired) electrons. The fourth-order valence-corrected chi connectivity index (χ4v) is 8.83. The van der Waals surface area contributed by atoms with Gasteiger partial charge in [-0.15, -0.1) is 5.10 Å². The van der Waals surface area contributed by atoms with Gasteiger partial charge < -0.3 is 42.6 Å². The minimum atomic E-state index is -4.04. The van der Waals surface area contributed by atoms with Crippen molar-refractivity contribution in [1.82, 2.24) is 14.6 Å². The van der Waals surface area contributed by atoms with Crippen LogP contribution < -0.4 is 4.90 Å². The Morgan fingerprint density at radius 1 is 1.14 bits per heavy atom. The summed E-state index contributed by atoms with van der Waals surface area (Å²) >= 11 is 6.55. The van der Waals surface area contributed by atoms with Gasteiger partial charge in [0.15, 0.2) is 11.6 Å². The molecule has 2 aliphatic heterocycles. The second kappa shape index (κ2) is 15.0. The Labute approximate surface area is 292 Å². The lowest BCUT2D eigenvalue weighted by atomic mass is 10.1. The topological polar surface area (TPSA) is 162 Å². The summed E-state index contributed by atoms with van der Waals surface area (Å²) in [5.74, 6) is -0.635. The predicted molar refractivity (Wildman–Crippen MR) is 179 cm³/mol. The van der Waals surface area contributed by atoms with Crippen molar-refractivity contribution < 1.29 is 51.9 Å². The molecule has 15 nitrogen and oxygen atoms in total. The summed E-state index contributed by atoms with van der Waals surface area (Å²) in [7, 11) is -2.63. The van der Waals surface area contributed by atoms with Crippen LogP contribution in [0.5, 0.6) is 0 Å². The lowest BCUT2D eigenvalue weighted by molar-refractivity contribution is -0.199. The fraction of sp³-hybridized carbons (Fsp3) is 0.781. The molecule has 4 heterocycles.